The molecule has 0 spiro atoms. The molecule has 170 valence electrons. The molecule has 3 aromatic rings. The molecule has 0 fully saturated rings. The van der Waals surface area contributed by atoms with Crippen molar-refractivity contribution in [3.63, 3.8) is 0 Å². The van der Waals surface area contributed by atoms with Gasteiger partial charge in [0, 0.05) is 17.2 Å². The van der Waals surface area contributed by atoms with Crippen LogP contribution in [-0.2, 0) is 14.8 Å². The number of sulfonamides is 1. The smallest absolute Gasteiger partial charge is 0.269 e. The number of carbonyl (C=O) groups excluding carboxylic acids is 1. The SMILES string of the molecule is C/C(=N/NC(=O)CN(c1ccccc1)S(=O)(=O)c1ccc(Cl)cc1)c1ccc([N+](=O)[O-])cc1. The van der Waals surface area contributed by atoms with Gasteiger partial charge in [0.2, 0.25) is 0 Å². The Hall–Kier alpha value is -3.76. The van der Waals surface area contributed by atoms with Crippen LogP contribution in [0.25, 0.3) is 0 Å². The maximum Gasteiger partial charge on any atom is 0.269 e. The minimum absolute atomic E-state index is 0.0193. The summed E-state index contributed by atoms with van der Waals surface area (Å²) in [4.78, 5) is 22.8. The molecule has 11 heteroatoms. The molecular formula is C22H19ClN4O5S. The molecule has 0 aliphatic carbocycles. The van der Waals surface area contributed by atoms with E-state index < -0.39 is 27.4 Å². The summed E-state index contributed by atoms with van der Waals surface area (Å²) in [5, 5.41) is 15.1. The maximum atomic E-state index is 13.2. The molecule has 0 saturated heterocycles. The highest BCUT2D eigenvalue weighted by atomic mass is 35.5. The van der Waals surface area contributed by atoms with E-state index in [-0.39, 0.29) is 10.6 Å². The zero-order valence-electron chi connectivity index (χ0n) is 17.4. The molecule has 0 bridgehead atoms. The van der Waals surface area contributed by atoms with E-state index >= 15 is 0 Å². The van der Waals surface area contributed by atoms with Crippen LogP contribution in [0.1, 0.15) is 12.5 Å². The van der Waals surface area contributed by atoms with E-state index in [4.69, 9.17) is 11.6 Å². The molecule has 0 unspecified atom stereocenters. The first-order valence-corrected chi connectivity index (χ1v) is 11.4. The van der Waals surface area contributed by atoms with E-state index in [1.165, 1.54) is 48.5 Å². The molecular weight excluding hydrogens is 468 g/mol. The van der Waals surface area contributed by atoms with E-state index in [2.05, 4.69) is 10.5 Å². The number of hydrogen-bond donors (Lipinski definition) is 1. The fourth-order valence-electron chi connectivity index (χ4n) is 2.84. The molecule has 0 atom stereocenters. The minimum Gasteiger partial charge on any atom is -0.271 e. The summed E-state index contributed by atoms with van der Waals surface area (Å²) in [6.07, 6.45) is 0. The molecule has 33 heavy (non-hydrogen) atoms. The normalized spacial score (nSPS) is 11.6. The lowest BCUT2D eigenvalue weighted by Crippen LogP contribution is -2.39. The molecule has 3 rings (SSSR count). The Morgan fingerprint density at radius 3 is 2.21 bits per heavy atom. The van der Waals surface area contributed by atoms with Crippen molar-refractivity contribution in [3.8, 4) is 0 Å². The van der Waals surface area contributed by atoms with Crippen molar-refractivity contribution in [2.24, 2.45) is 5.10 Å². The predicted octanol–water partition coefficient (Wildman–Crippen LogP) is 3.98. The standard InChI is InChI=1S/C22H19ClN4O5S/c1-16(17-7-11-20(12-8-17)27(29)30)24-25-22(28)15-26(19-5-3-2-4-6-19)33(31,32)21-13-9-18(23)10-14-21/h2-14H,15H2,1H3,(H,25,28)/b24-16-. The molecule has 0 aliphatic rings. The molecule has 0 heterocycles. The highest BCUT2D eigenvalue weighted by Gasteiger charge is 2.27. The summed E-state index contributed by atoms with van der Waals surface area (Å²) in [6, 6.07) is 19.5. The molecule has 0 aromatic heterocycles. The lowest BCUT2D eigenvalue weighted by atomic mass is 10.1. The lowest BCUT2D eigenvalue weighted by Gasteiger charge is -2.23. The zero-order chi connectivity index (χ0) is 24.0. The Bertz CT molecular complexity index is 1280. The van der Waals surface area contributed by atoms with Gasteiger partial charge in [0.25, 0.3) is 21.6 Å². The van der Waals surface area contributed by atoms with Crippen LogP contribution in [0.4, 0.5) is 11.4 Å². The fourth-order valence-corrected chi connectivity index (χ4v) is 4.39. The van der Waals surface area contributed by atoms with Crippen molar-refractivity contribution in [2.45, 2.75) is 11.8 Å². The van der Waals surface area contributed by atoms with E-state index in [0.717, 1.165) is 4.31 Å². The van der Waals surface area contributed by atoms with Crippen LogP contribution < -0.4 is 9.73 Å². The predicted molar refractivity (Wildman–Crippen MR) is 126 cm³/mol. The van der Waals surface area contributed by atoms with Gasteiger partial charge in [0.1, 0.15) is 6.54 Å². The molecule has 0 saturated carbocycles. The first kappa shape index (κ1) is 23.9. The molecule has 1 N–H and O–H groups in total. The van der Waals surface area contributed by atoms with Crippen LogP contribution in [0.2, 0.25) is 5.02 Å². The van der Waals surface area contributed by atoms with Gasteiger partial charge in [-0.1, -0.05) is 29.8 Å². The molecule has 0 aliphatic heterocycles. The van der Waals surface area contributed by atoms with E-state index in [9.17, 15) is 23.3 Å². The lowest BCUT2D eigenvalue weighted by molar-refractivity contribution is -0.384. The maximum absolute atomic E-state index is 13.2. The highest BCUT2D eigenvalue weighted by molar-refractivity contribution is 7.92. The summed E-state index contributed by atoms with van der Waals surface area (Å²) >= 11 is 5.87. The summed E-state index contributed by atoms with van der Waals surface area (Å²) in [7, 11) is -4.07. The number of non-ortho nitro benzene ring substituents is 1. The Balaban J connectivity index is 1.81. The number of rotatable bonds is 8. The van der Waals surface area contributed by atoms with Gasteiger partial charge in [-0.15, -0.1) is 0 Å². The van der Waals surface area contributed by atoms with Crippen LogP contribution in [0.3, 0.4) is 0 Å². The Morgan fingerprint density at radius 2 is 1.64 bits per heavy atom. The number of nitrogens with zero attached hydrogens (tertiary/aromatic N) is 3. The number of anilines is 1. The van der Waals surface area contributed by atoms with E-state index in [0.29, 0.717) is 22.0 Å². The molecule has 1 amide bonds. The van der Waals surface area contributed by atoms with Crippen LogP contribution >= 0.6 is 11.6 Å². The van der Waals surface area contributed by atoms with Crippen molar-refractivity contribution < 1.29 is 18.1 Å². The van der Waals surface area contributed by atoms with Gasteiger partial charge in [0.05, 0.1) is 21.2 Å². The Kier molecular flexibility index (Phi) is 7.41. The third-order valence-corrected chi connectivity index (χ3v) is 6.62. The first-order chi connectivity index (χ1) is 15.7. The fraction of sp³-hybridized carbons (Fsp3) is 0.0909. The van der Waals surface area contributed by atoms with Gasteiger partial charge in [-0.25, -0.2) is 13.8 Å². The molecule has 3 aromatic carbocycles. The van der Waals surface area contributed by atoms with E-state index in [1.54, 1.807) is 37.3 Å². The second-order valence-corrected chi connectivity index (χ2v) is 9.14. The number of amides is 1. The van der Waals surface area contributed by atoms with Gasteiger partial charge in [-0.2, -0.15) is 5.10 Å². The average Bonchev–Trinajstić information content (AvgIpc) is 2.81. The Morgan fingerprint density at radius 1 is 1.03 bits per heavy atom. The summed E-state index contributed by atoms with van der Waals surface area (Å²) in [5.74, 6) is -0.669. The summed E-state index contributed by atoms with van der Waals surface area (Å²) in [5.41, 5.74) is 3.53. The van der Waals surface area contributed by atoms with Gasteiger partial charge in [-0.3, -0.25) is 19.2 Å². The topological polar surface area (TPSA) is 122 Å². The monoisotopic (exact) mass is 486 g/mol. The van der Waals surface area contributed by atoms with Crippen molar-refractivity contribution in [2.75, 3.05) is 10.8 Å². The van der Waals surface area contributed by atoms with Gasteiger partial charge >= 0.3 is 0 Å². The number of hydrazone groups is 1. The summed E-state index contributed by atoms with van der Waals surface area (Å²) < 4.78 is 27.5. The van der Waals surface area contributed by atoms with Gasteiger partial charge in [-0.05, 0) is 61.0 Å². The van der Waals surface area contributed by atoms with Crippen molar-refractivity contribution >= 4 is 44.6 Å². The second kappa shape index (κ2) is 10.2. The van der Waals surface area contributed by atoms with Crippen molar-refractivity contribution in [1.82, 2.24) is 5.43 Å². The number of halogens is 1. The number of nitrogens with one attached hydrogen (secondary N) is 1. The number of nitro benzene ring substituents is 1. The quantitative estimate of drug-likeness (QED) is 0.293. The number of nitro groups is 1. The number of hydrogen-bond acceptors (Lipinski definition) is 6. The number of para-hydroxylation sites is 1. The molecule has 0 radical (unpaired) electrons. The third kappa shape index (κ3) is 5.93. The van der Waals surface area contributed by atoms with E-state index in [1.807, 2.05) is 0 Å². The largest absolute Gasteiger partial charge is 0.271 e. The second-order valence-electron chi connectivity index (χ2n) is 6.84. The Labute approximate surface area is 195 Å². The van der Waals surface area contributed by atoms with Gasteiger partial charge in [0.15, 0.2) is 0 Å². The minimum atomic E-state index is -4.07. The summed E-state index contributed by atoms with van der Waals surface area (Å²) in [6.45, 7) is 1.09. The van der Waals surface area contributed by atoms with Crippen molar-refractivity contribution in [1.29, 1.82) is 0 Å². The first-order valence-electron chi connectivity index (χ1n) is 9.60. The number of benzene rings is 3. The van der Waals surface area contributed by atoms with Crippen LogP contribution in [0.15, 0.2) is 88.9 Å². The van der Waals surface area contributed by atoms with Crippen LogP contribution in [0.5, 0.6) is 0 Å². The number of carbonyl (C=O) groups is 1. The third-order valence-electron chi connectivity index (χ3n) is 4.58. The zero-order valence-corrected chi connectivity index (χ0v) is 19.0. The van der Waals surface area contributed by atoms with Gasteiger partial charge < -0.3 is 0 Å². The average molecular weight is 487 g/mol. The highest BCUT2D eigenvalue weighted by Crippen LogP contribution is 2.24. The van der Waals surface area contributed by atoms with Crippen molar-refractivity contribution in [3.05, 3.63) is 99.6 Å². The van der Waals surface area contributed by atoms with Crippen LogP contribution in [0, 0.1) is 10.1 Å². The molecule has 9 nitrogen and oxygen atoms in total. The van der Waals surface area contributed by atoms with Crippen LogP contribution in [-0.4, -0.2) is 31.5 Å².